The number of methoxy groups -OCH3 is 1. The van der Waals surface area contributed by atoms with E-state index < -0.39 is 0 Å². The van der Waals surface area contributed by atoms with Crippen molar-refractivity contribution in [1.82, 2.24) is 5.32 Å². The summed E-state index contributed by atoms with van der Waals surface area (Å²) < 4.78 is 11.4. The van der Waals surface area contributed by atoms with E-state index in [0.29, 0.717) is 0 Å². The summed E-state index contributed by atoms with van der Waals surface area (Å²) in [6, 6.07) is 14.8. The first-order chi connectivity index (χ1) is 12.2. The number of unbranched alkanes of at least 4 members (excludes halogenated alkanes) is 3. The molecule has 0 saturated heterocycles. The Hall–Kier alpha value is -2.00. The first kappa shape index (κ1) is 19.3. The van der Waals surface area contributed by atoms with E-state index in [9.17, 15) is 0 Å². The van der Waals surface area contributed by atoms with Crippen LogP contribution in [0.15, 0.2) is 42.5 Å². The number of benzene rings is 2. The van der Waals surface area contributed by atoms with Crippen molar-refractivity contribution in [2.75, 3.05) is 13.7 Å². The smallest absolute Gasteiger partial charge is 0.161 e. The van der Waals surface area contributed by atoms with Gasteiger partial charge in [0, 0.05) is 13.1 Å². The van der Waals surface area contributed by atoms with Gasteiger partial charge in [0.2, 0.25) is 0 Å². The third kappa shape index (κ3) is 6.79. The van der Waals surface area contributed by atoms with Gasteiger partial charge in [-0.1, -0.05) is 62.1 Å². The zero-order chi connectivity index (χ0) is 17.9. The van der Waals surface area contributed by atoms with Gasteiger partial charge in [0.05, 0.1) is 13.7 Å². The van der Waals surface area contributed by atoms with Crippen molar-refractivity contribution in [3.8, 4) is 11.5 Å². The van der Waals surface area contributed by atoms with Crippen LogP contribution < -0.4 is 14.8 Å². The van der Waals surface area contributed by atoms with Gasteiger partial charge < -0.3 is 14.8 Å². The van der Waals surface area contributed by atoms with Crippen molar-refractivity contribution in [1.29, 1.82) is 0 Å². The first-order valence-corrected chi connectivity index (χ1v) is 9.29. The highest BCUT2D eigenvalue weighted by molar-refractivity contribution is 5.43. The number of hydrogen-bond donors (Lipinski definition) is 1. The summed E-state index contributed by atoms with van der Waals surface area (Å²) >= 11 is 0. The molecule has 0 heterocycles. The predicted molar refractivity (Wildman–Crippen MR) is 104 cm³/mol. The lowest BCUT2D eigenvalue weighted by Crippen LogP contribution is -2.13. The molecule has 136 valence electrons. The van der Waals surface area contributed by atoms with E-state index in [0.717, 1.165) is 37.6 Å². The van der Waals surface area contributed by atoms with Gasteiger partial charge in [-0.25, -0.2) is 0 Å². The summed E-state index contributed by atoms with van der Waals surface area (Å²) in [5.41, 5.74) is 3.79. The molecule has 0 aliphatic rings. The minimum absolute atomic E-state index is 0.751. The Morgan fingerprint density at radius 1 is 0.880 bits per heavy atom. The number of hydrogen-bond acceptors (Lipinski definition) is 3. The zero-order valence-corrected chi connectivity index (χ0v) is 15.8. The molecule has 3 heteroatoms. The van der Waals surface area contributed by atoms with Gasteiger partial charge in [0.15, 0.2) is 11.5 Å². The molecule has 3 nitrogen and oxygen atoms in total. The quantitative estimate of drug-likeness (QED) is 0.566. The third-order valence-electron chi connectivity index (χ3n) is 4.22. The second-order valence-electron chi connectivity index (χ2n) is 6.49. The van der Waals surface area contributed by atoms with Gasteiger partial charge >= 0.3 is 0 Å². The fraction of sp³-hybridized carbons (Fsp3) is 0.455. The van der Waals surface area contributed by atoms with Crippen LogP contribution in [0.5, 0.6) is 11.5 Å². The number of nitrogens with one attached hydrogen (secondary N) is 1. The fourth-order valence-electron chi connectivity index (χ4n) is 2.83. The molecule has 0 bridgehead atoms. The van der Waals surface area contributed by atoms with Gasteiger partial charge in [-0.3, -0.25) is 0 Å². The van der Waals surface area contributed by atoms with Crippen LogP contribution in [-0.4, -0.2) is 13.7 Å². The molecular weight excluding hydrogens is 310 g/mol. The van der Waals surface area contributed by atoms with Crippen LogP contribution >= 0.6 is 0 Å². The highest BCUT2D eigenvalue weighted by atomic mass is 16.5. The van der Waals surface area contributed by atoms with Crippen molar-refractivity contribution >= 4 is 0 Å². The summed E-state index contributed by atoms with van der Waals surface area (Å²) in [5.74, 6) is 1.65. The number of rotatable bonds is 11. The van der Waals surface area contributed by atoms with E-state index in [4.69, 9.17) is 9.47 Å². The highest BCUT2D eigenvalue weighted by Gasteiger charge is 2.06. The highest BCUT2D eigenvalue weighted by Crippen LogP contribution is 2.28. The Labute approximate surface area is 152 Å². The average Bonchev–Trinajstić information content (AvgIpc) is 2.62. The number of aryl methyl sites for hydroxylation is 1. The van der Waals surface area contributed by atoms with E-state index in [-0.39, 0.29) is 0 Å². The summed E-state index contributed by atoms with van der Waals surface area (Å²) in [6.07, 6.45) is 4.83. The molecular formula is C22H31NO2. The second kappa shape index (κ2) is 10.8. The standard InChI is InChI=1S/C22H31NO2/c1-4-5-6-7-13-25-21-12-11-20(15-22(21)24-3)17-23-16-19-10-8-9-18(2)14-19/h8-12,14-15,23H,4-7,13,16-17H2,1-3H3. The van der Waals surface area contributed by atoms with Crippen molar-refractivity contribution in [3.63, 3.8) is 0 Å². The maximum absolute atomic E-state index is 5.87. The molecule has 0 radical (unpaired) electrons. The third-order valence-corrected chi connectivity index (χ3v) is 4.22. The molecule has 25 heavy (non-hydrogen) atoms. The summed E-state index contributed by atoms with van der Waals surface area (Å²) in [4.78, 5) is 0. The van der Waals surface area contributed by atoms with Gasteiger partial charge in [-0.05, 0) is 36.6 Å². The molecule has 0 aliphatic heterocycles. The van der Waals surface area contributed by atoms with Crippen LogP contribution in [0.3, 0.4) is 0 Å². The molecule has 0 aliphatic carbocycles. The normalized spacial score (nSPS) is 10.7. The van der Waals surface area contributed by atoms with Gasteiger partial charge in [0.1, 0.15) is 0 Å². The molecule has 2 rings (SSSR count). The van der Waals surface area contributed by atoms with Crippen LogP contribution in [0.25, 0.3) is 0 Å². The van der Waals surface area contributed by atoms with Crippen molar-refractivity contribution < 1.29 is 9.47 Å². The van der Waals surface area contributed by atoms with Gasteiger partial charge in [-0.2, -0.15) is 0 Å². The maximum atomic E-state index is 5.87. The predicted octanol–water partition coefficient (Wildman–Crippen LogP) is 5.25. The molecule has 2 aromatic rings. The molecule has 0 amide bonds. The van der Waals surface area contributed by atoms with Crippen LogP contribution in [0.1, 0.15) is 49.3 Å². The van der Waals surface area contributed by atoms with Crippen molar-refractivity contribution in [2.24, 2.45) is 0 Å². The molecule has 0 fully saturated rings. The monoisotopic (exact) mass is 341 g/mol. The topological polar surface area (TPSA) is 30.5 Å². The largest absolute Gasteiger partial charge is 0.493 e. The molecule has 0 aromatic heterocycles. The Kier molecular flexibility index (Phi) is 8.33. The van der Waals surface area contributed by atoms with Gasteiger partial charge in [-0.15, -0.1) is 0 Å². The lowest BCUT2D eigenvalue weighted by Gasteiger charge is -2.13. The van der Waals surface area contributed by atoms with E-state index in [1.807, 2.05) is 6.07 Å². The lowest BCUT2D eigenvalue weighted by molar-refractivity contribution is 0.285. The Morgan fingerprint density at radius 2 is 1.68 bits per heavy atom. The van der Waals surface area contributed by atoms with E-state index in [1.54, 1.807) is 7.11 Å². The van der Waals surface area contributed by atoms with E-state index in [1.165, 1.54) is 36.0 Å². The lowest BCUT2D eigenvalue weighted by atomic mass is 10.1. The Balaban J connectivity index is 1.83. The second-order valence-corrected chi connectivity index (χ2v) is 6.49. The van der Waals surface area contributed by atoms with Gasteiger partial charge in [0.25, 0.3) is 0 Å². The molecule has 0 spiro atoms. The molecule has 0 atom stereocenters. The van der Waals surface area contributed by atoms with Crippen LogP contribution in [0.2, 0.25) is 0 Å². The molecule has 2 aromatic carbocycles. The van der Waals surface area contributed by atoms with E-state index >= 15 is 0 Å². The van der Waals surface area contributed by atoms with Crippen molar-refractivity contribution in [3.05, 3.63) is 59.2 Å². The fourth-order valence-corrected chi connectivity index (χ4v) is 2.83. The summed E-state index contributed by atoms with van der Waals surface area (Å²) in [5, 5.41) is 3.49. The van der Waals surface area contributed by atoms with Crippen LogP contribution in [0, 0.1) is 6.92 Å². The van der Waals surface area contributed by atoms with Crippen LogP contribution in [-0.2, 0) is 13.1 Å². The van der Waals surface area contributed by atoms with Crippen LogP contribution in [0.4, 0.5) is 0 Å². The molecule has 1 N–H and O–H groups in total. The Morgan fingerprint density at radius 3 is 2.40 bits per heavy atom. The Bertz CT molecular complexity index is 640. The summed E-state index contributed by atoms with van der Waals surface area (Å²) in [6.45, 7) is 6.76. The van der Waals surface area contributed by atoms with E-state index in [2.05, 4.69) is 55.6 Å². The average molecular weight is 341 g/mol. The summed E-state index contributed by atoms with van der Waals surface area (Å²) in [7, 11) is 1.70. The van der Waals surface area contributed by atoms with Crippen molar-refractivity contribution in [2.45, 2.75) is 52.6 Å². The SMILES string of the molecule is CCCCCCOc1ccc(CNCc2cccc(C)c2)cc1OC. The minimum atomic E-state index is 0.751. The maximum Gasteiger partial charge on any atom is 0.161 e. The minimum Gasteiger partial charge on any atom is -0.493 e. The zero-order valence-electron chi connectivity index (χ0n) is 15.8. The first-order valence-electron chi connectivity index (χ1n) is 9.29. The molecule has 0 saturated carbocycles. The molecule has 0 unspecified atom stereocenters. The number of ether oxygens (including phenoxy) is 2.